The van der Waals surface area contributed by atoms with E-state index in [1.54, 1.807) is 0 Å². The van der Waals surface area contributed by atoms with Gasteiger partial charge in [0.2, 0.25) is 11.8 Å². The molecule has 0 saturated carbocycles. The van der Waals surface area contributed by atoms with Gasteiger partial charge < -0.3 is 74.9 Å². The zero-order valence-electron chi connectivity index (χ0n) is 24.0. The Hall–Kier alpha value is -1.87. The van der Waals surface area contributed by atoms with E-state index in [1.807, 2.05) is 0 Å². The van der Waals surface area contributed by atoms with E-state index in [1.165, 1.54) is 13.8 Å². The fourth-order valence-electron chi connectivity index (χ4n) is 5.79. The molecule has 3 fully saturated rings. The Kier molecular flexibility index (Phi) is 13.6. The average molecular weight is 625 g/mol. The monoisotopic (exact) mass is 624 g/mol. The number of aliphatic hydroxyl groups excluding tert-OH is 7. The van der Waals surface area contributed by atoms with Crippen LogP contribution in [0.15, 0.2) is 0 Å². The molecule has 0 aromatic rings. The number of aliphatic hydroxyl groups is 7. The van der Waals surface area contributed by atoms with Gasteiger partial charge in [-0.2, -0.15) is 0 Å². The van der Waals surface area contributed by atoms with Crippen LogP contribution < -0.4 is 10.6 Å². The van der Waals surface area contributed by atoms with Crippen molar-refractivity contribution in [2.75, 3.05) is 46.2 Å². The van der Waals surface area contributed by atoms with Gasteiger partial charge in [-0.05, 0) is 0 Å². The van der Waals surface area contributed by atoms with Crippen molar-refractivity contribution >= 4 is 18.1 Å². The predicted molar refractivity (Wildman–Crippen MR) is 141 cm³/mol. The lowest BCUT2D eigenvalue weighted by molar-refractivity contribution is -0.217. The minimum atomic E-state index is -1.46. The highest BCUT2D eigenvalue weighted by Gasteiger charge is 2.48. The van der Waals surface area contributed by atoms with Gasteiger partial charge in [0.15, 0.2) is 6.29 Å². The lowest BCUT2D eigenvalue weighted by Gasteiger charge is -2.45. The summed E-state index contributed by atoms with van der Waals surface area (Å²) < 4.78 is 28.4. The van der Waals surface area contributed by atoms with Crippen molar-refractivity contribution in [1.29, 1.82) is 0 Å². The Morgan fingerprint density at radius 3 is 1.53 bits per heavy atom. The maximum atomic E-state index is 12.0. The summed E-state index contributed by atoms with van der Waals surface area (Å²) in [6.07, 6.45) is -11.0. The summed E-state index contributed by atoms with van der Waals surface area (Å²) in [5.41, 5.74) is 0. The zero-order chi connectivity index (χ0) is 31.8. The van der Waals surface area contributed by atoms with Gasteiger partial charge in [0.1, 0.15) is 36.6 Å². The topological polar surface area (TPSA) is 263 Å². The maximum absolute atomic E-state index is 12.0. The molecule has 2 amide bonds. The van der Waals surface area contributed by atoms with Crippen molar-refractivity contribution < 1.29 is 73.8 Å². The van der Waals surface area contributed by atoms with E-state index in [0.717, 1.165) is 0 Å². The molecule has 0 radical (unpaired) electrons. The number of hydrogen-bond donors (Lipinski definition) is 9. The molecule has 3 aliphatic heterocycles. The third-order valence-electron chi connectivity index (χ3n) is 8.07. The van der Waals surface area contributed by atoms with Crippen LogP contribution in [0.3, 0.4) is 0 Å². The van der Waals surface area contributed by atoms with Crippen molar-refractivity contribution in [2.24, 2.45) is 11.8 Å². The van der Waals surface area contributed by atoms with Crippen LogP contribution in [0.25, 0.3) is 0 Å². The Labute approximate surface area is 248 Å². The minimum Gasteiger partial charge on any atom is -0.394 e. The highest BCUT2D eigenvalue weighted by atomic mass is 16.6. The summed E-state index contributed by atoms with van der Waals surface area (Å²) >= 11 is 0. The highest BCUT2D eigenvalue weighted by molar-refractivity contribution is 5.73. The summed E-state index contributed by atoms with van der Waals surface area (Å²) in [5, 5.41) is 76.4. The molecule has 0 aliphatic carbocycles. The first kappa shape index (κ1) is 35.6. The molecule has 3 rings (SSSR count). The number of nitrogens with one attached hydrogen (secondary N) is 2. The number of carbonyl (C=O) groups excluding carboxylic acids is 3. The Morgan fingerprint density at radius 1 is 0.628 bits per heavy atom. The van der Waals surface area contributed by atoms with Crippen molar-refractivity contribution in [3.8, 4) is 0 Å². The molecule has 0 spiro atoms. The van der Waals surface area contributed by atoms with Crippen LogP contribution in [0.5, 0.6) is 0 Å². The predicted octanol–water partition coefficient (Wildman–Crippen LogP) is -5.82. The number of ether oxygens (including phenoxy) is 5. The fraction of sp³-hybridized carbons (Fsp3) is 0.885. The van der Waals surface area contributed by atoms with Crippen LogP contribution in [0.1, 0.15) is 13.8 Å². The SMILES string of the molecule is CC(=O)NC1[C@H](COC[C@@H]2C(CO)O[C@@H](COCC3[C@@H](O)[C@@H](C=O)O[C@@H]3CO)C(NC(C)=O)[C@@H]2O)OC(CO)[C@@H](O)[C@H]1O. The third kappa shape index (κ3) is 8.65. The molecule has 9 N–H and O–H groups in total. The third-order valence-corrected chi connectivity index (χ3v) is 8.07. The van der Waals surface area contributed by atoms with Crippen LogP contribution in [-0.4, -0.2) is 173 Å². The van der Waals surface area contributed by atoms with Gasteiger partial charge in [-0.3, -0.25) is 9.59 Å². The molecular formula is C26H44N2O15. The summed E-state index contributed by atoms with van der Waals surface area (Å²) in [4.78, 5) is 34.8. The van der Waals surface area contributed by atoms with E-state index in [0.29, 0.717) is 6.29 Å². The Bertz CT molecular complexity index is 914. The van der Waals surface area contributed by atoms with E-state index >= 15 is 0 Å². The molecule has 17 nitrogen and oxygen atoms in total. The van der Waals surface area contributed by atoms with Gasteiger partial charge >= 0.3 is 0 Å². The number of amides is 2. The second kappa shape index (κ2) is 16.4. The van der Waals surface area contributed by atoms with Crippen molar-refractivity contribution in [2.45, 2.75) is 87.0 Å². The quantitative estimate of drug-likeness (QED) is 0.0815. The van der Waals surface area contributed by atoms with Crippen LogP contribution in [0.2, 0.25) is 0 Å². The van der Waals surface area contributed by atoms with Crippen LogP contribution in [0, 0.1) is 11.8 Å². The average Bonchev–Trinajstić information content (AvgIpc) is 3.28. The first-order valence-corrected chi connectivity index (χ1v) is 14.1. The molecule has 14 atom stereocenters. The van der Waals surface area contributed by atoms with E-state index in [4.69, 9.17) is 23.7 Å². The maximum Gasteiger partial charge on any atom is 0.217 e. The lowest BCUT2D eigenvalue weighted by atomic mass is 9.85. The Morgan fingerprint density at radius 2 is 1.07 bits per heavy atom. The molecule has 0 aromatic heterocycles. The zero-order valence-corrected chi connectivity index (χ0v) is 24.0. The van der Waals surface area contributed by atoms with Crippen molar-refractivity contribution in [1.82, 2.24) is 10.6 Å². The second-order valence-corrected chi connectivity index (χ2v) is 11.1. The molecule has 3 saturated heterocycles. The normalized spacial score (nSPS) is 41.5. The van der Waals surface area contributed by atoms with Gasteiger partial charge in [-0.25, -0.2) is 0 Å². The molecule has 0 aromatic carbocycles. The summed E-state index contributed by atoms with van der Waals surface area (Å²) in [6.45, 7) is 0.0685. The molecule has 17 heteroatoms. The second-order valence-electron chi connectivity index (χ2n) is 11.1. The number of rotatable bonds is 14. The first-order chi connectivity index (χ1) is 20.5. The minimum absolute atomic E-state index is 0.137. The molecular weight excluding hydrogens is 580 g/mol. The fourth-order valence-corrected chi connectivity index (χ4v) is 5.79. The Balaban J connectivity index is 1.64. The van der Waals surface area contributed by atoms with Crippen molar-refractivity contribution in [3.63, 3.8) is 0 Å². The number of hydrogen-bond acceptors (Lipinski definition) is 15. The van der Waals surface area contributed by atoms with Crippen LogP contribution in [-0.2, 0) is 38.1 Å². The van der Waals surface area contributed by atoms with Gasteiger partial charge in [-0.1, -0.05) is 0 Å². The van der Waals surface area contributed by atoms with E-state index in [2.05, 4.69) is 10.6 Å². The number of carbonyl (C=O) groups is 3. The number of aldehydes is 1. The molecule has 43 heavy (non-hydrogen) atoms. The standard InChI is InChI=1S/C26H44N2O15/c1-11(33)27-21-19(9-39-7-13-15(3-29)41-17(5-31)23(13)35)42-16(4-30)14(24(21)36)8-40-10-20-22(28-12(2)34)26(38)25(37)18(6-32)43-20/h5,13-26,29-30,32,35-38H,3-4,6-10H2,1-2H3,(H,27,33)(H,28,34)/t13?,14-,15-,16?,17-,18?,19+,20+,21?,22?,23-,24-,25-,26+/m1/s1. The van der Waals surface area contributed by atoms with Gasteiger partial charge in [0, 0.05) is 25.7 Å². The van der Waals surface area contributed by atoms with E-state index < -0.39 is 117 Å². The largest absolute Gasteiger partial charge is 0.394 e. The smallest absolute Gasteiger partial charge is 0.217 e. The molecule has 0 bridgehead atoms. The summed E-state index contributed by atoms with van der Waals surface area (Å²) in [6, 6.07) is -2.08. The molecule has 3 heterocycles. The van der Waals surface area contributed by atoms with Gasteiger partial charge in [0.25, 0.3) is 0 Å². The summed E-state index contributed by atoms with van der Waals surface area (Å²) in [5.74, 6) is -2.58. The van der Waals surface area contributed by atoms with Gasteiger partial charge in [0.05, 0.1) is 82.7 Å². The first-order valence-electron chi connectivity index (χ1n) is 14.1. The van der Waals surface area contributed by atoms with Crippen molar-refractivity contribution in [3.05, 3.63) is 0 Å². The molecule has 3 aliphatic rings. The van der Waals surface area contributed by atoms with Gasteiger partial charge in [-0.15, -0.1) is 0 Å². The highest BCUT2D eigenvalue weighted by Crippen LogP contribution is 2.30. The van der Waals surface area contributed by atoms with Crippen LogP contribution in [0.4, 0.5) is 0 Å². The molecule has 248 valence electrons. The van der Waals surface area contributed by atoms with E-state index in [9.17, 15) is 50.1 Å². The van der Waals surface area contributed by atoms with Crippen LogP contribution >= 0.6 is 0 Å². The summed E-state index contributed by atoms with van der Waals surface area (Å²) in [7, 11) is 0. The molecule has 5 unspecified atom stereocenters. The van der Waals surface area contributed by atoms with E-state index in [-0.39, 0.29) is 26.4 Å². The lowest BCUT2D eigenvalue weighted by Crippen LogP contribution is -2.65.